The summed E-state index contributed by atoms with van der Waals surface area (Å²) in [5, 5.41) is 3.14. The van der Waals surface area contributed by atoms with Gasteiger partial charge in [0.05, 0.1) is 0 Å². The van der Waals surface area contributed by atoms with Crippen molar-refractivity contribution in [3.8, 4) is 0 Å². The van der Waals surface area contributed by atoms with Crippen molar-refractivity contribution < 1.29 is 4.21 Å². The molecule has 0 aliphatic heterocycles. The Kier molecular flexibility index (Phi) is 4.67. The highest BCUT2D eigenvalue weighted by Gasteiger charge is 2.06. The average molecular weight is 242 g/mol. The molecule has 0 saturated carbocycles. The van der Waals surface area contributed by atoms with E-state index in [-0.39, 0.29) is 0 Å². The maximum atomic E-state index is 11.2. The normalized spacial score (nSPS) is 12.4. The van der Waals surface area contributed by atoms with Gasteiger partial charge >= 0.3 is 0 Å². The number of aryl methyl sites for hydroxylation is 1. The van der Waals surface area contributed by atoms with Crippen molar-refractivity contribution >= 4 is 22.4 Å². The third-order valence-electron chi connectivity index (χ3n) is 2.24. The average Bonchev–Trinajstić information content (AvgIpc) is 2.24. The highest BCUT2D eigenvalue weighted by molar-refractivity contribution is 7.84. The lowest BCUT2D eigenvalue weighted by atomic mass is 10.3. The van der Waals surface area contributed by atoms with Crippen LogP contribution in [-0.2, 0) is 10.8 Å². The van der Waals surface area contributed by atoms with Crippen LogP contribution in [0.4, 0.5) is 11.6 Å². The molecule has 1 aromatic heterocycles. The Morgan fingerprint density at radius 2 is 2.06 bits per heavy atom. The first-order chi connectivity index (χ1) is 7.54. The summed E-state index contributed by atoms with van der Waals surface area (Å²) in [4.78, 5) is 8.31. The van der Waals surface area contributed by atoms with Gasteiger partial charge in [0.2, 0.25) is 0 Å². The van der Waals surface area contributed by atoms with Gasteiger partial charge in [-0.3, -0.25) is 4.21 Å². The number of aromatic nitrogens is 2. The van der Waals surface area contributed by atoms with Crippen LogP contribution in [0.25, 0.3) is 0 Å². The highest BCUT2D eigenvalue weighted by atomic mass is 32.2. The number of nitrogen functional groups attached to an aromatic ring is 1. The quantitative estimate of drug-likeness (QED) is 0.800. The van der Waals surface area contributed by atoms with Gasteiger partial charge in [0.1, 0.15) is 17.5 Å². The van der Waals surface area contributed by atoms with Crippen molar-refractivity contribution in [2.45, 2.75) is 20.8 Å². The number of hydrogen-bond acceptors (Lipinski definition) is 5. The van der Waals surface area contributed by atoms with E-state index < -0.39 is 10.8 Å². The molecule has 1 atom stereocenters. The predicted octanol–water partition coefficient (Wildman–Crippen LogP) is 0.856. The lowest BCUT2D eigenvalue weighted by molar-refractivity contribution is 0.684. The van der Waals surface area contributed by atoms with Crippen LogP contribution in [0.15, 0.2) is 0 Å². The fourth-order valence-corrected chi connectivity index (χ4v) is 1.87. The van der Waals surface area contributed by atoms with Crippen LogP contribution in [0.1, 0.15) is 18.3 Å². The van der Waals surface area contributed by atoms with Crippen molar-refractivity contribution in [2.75, 3.05) is 29.1 Å². The molecule has 0 aliphatic rings. The Balaban J connectivity index is 2.63. The van der Waals surface area contributed by atoms with Crippen molar-refractivity contribution in [3.05, 3.63) is 11.4 Å². The number of hydrogen-bond donors (Lipinski definition) is 2. The number of nitrogens with one attached hydrogen (secondary N) is 1. The summed E-state index contributed by atoms with van der Waals surface area (Å²) in [5.41, 5.74) is 6.57. The van der Waals surface area contributed by atoms with Gasteiger partial charge in [-0.2, -0.15) is 0 Å². The molecular formula is C10H18N4OS. The predicted molar refractivity (Wildman–Crippen MR) is 68.0 cm³/mol. The Morgan fingerprint density at radius 1 is 1.38 bits per heavy atom. The third kappa shape index (κ3) is 3.44. The zero-order chi connectivity index (χ0) is 12.1. The number of nitrogens with two attached hydrogens (primary N) is 1. The van der Waals surface area contributed by atoms with E-state index in [1.807, 2.05) is 13.8 Å². The standard InChI is InChI=1S/C10H18N4OS/c1-4-16(15)6-5-12-10-7(2)9(11)13-8(3)14-10/h4-6H2,1-3H3,(H3,11,12,13,14). The minimum absolute atomic E-state index is 0.492. The van der Waals surface area contributed by atoms with E-state index in [2.05, 4.69) is 15.3 Å². The molecule has 0 amide bonds. The zero-order valence-electron chi connectivity index (χ0n) is 9.91. The van der Waals surface area contributed by atoms with Gasteiger partial charge in [0.25, 0.3) is 0 Å². The summed E-state index contributed by atoms with van der Waals surface area (Å²) < 4.78 is 11.2. The molecule has 0 aliphatic carbocycles. The summed E-state index contributed by atoms with van der Waals surface area (Å²) >= 11 is 0. The molecule has 0 fully saturated rings. The summed E-state index contributed by atoms with van der Waals surface area (Å²) in [7, 11) is -0.755. The summed E-state index contributed by atoms with van der Waals surface area (Å²) in [6.45, 7) is 6.21. The first-order valence-corrected chi connectivity index (χ1v) is 6.73. The van der Waals surface area contributed by atoms with E-state index in [0.29, 0.717) is 29.7 Å². The van der Waals surface area contributed by atoms with Gasteiger partial charge in [0, 0.05) is 34.4 Å². The molecule has 0 saturated heterocycles. The molecule has 1 aromatic rings. The number of rotatable bonds is 5. The molecule has 5 nitrogen and oxygen atoms in total. The summed E-state index contributed by atoms with van der Waals surface area (Å²) in [6.07, 6.45) is 0. The second-order valence-electron chi connectivity index (χ2n) is 3.49. The zero-order valence-corrected chi connectivity index (χ0v) is 10.7. The molecule has 0 spiro atoms. The second-order valence-corrected chi connectivity index (χ2v) is 5.35. The Labute approximate surface area is 98.3 Å². The molecule has 1 rings (SSSR count). The van der Waals surface area contributed by atoms with E-state index in [4.69, 9.17) is 5.73 Å². The maximum Gasteiger partial charge on any atom is 0.134 e. The maximum absolute atomic E-state index is 11.2. The number of anilines is 2. The van der Waals surface area contributed by atoms with Crippen molar-refractivity contribution in [3.63, 3.8) is 0 Å². The van der Waals surface area contributed by atoms with Crippen LogP contribution in [0.5, 0.6) is 0 Å². The monoisotopic (exact) mass is 242 g/mol. The van der Waals surface area contributed by atoms with Crippen molar-refractivity contribution in [1.82, 2.24) is 9.97 Å². The molecule has 1 heterocycles. The van der Waals surface area contributed by atoms with E-state index in [0.717, 1.165) is 11.4 Å². The molecular weight excluding hydrogens is 224 g/mol. The minimum atomic E-state index is -0.755. The van der Waals surface area contributed by atoms with Crippen LogP contribution in [0.3, 0.4) is 0 Å². The summed E-state index contributed by atoms with van der Waals surface area (Å²) in [6, 6.07) is 0. The van der Waals surface area contributed by atoms with Gasteiger partial charge < -0.3 is 11.1 Å². The van der Waals surface area contributed by atoms with Gasteiger partial charge in [-0.15, -0.1) is 0 Å². The molecule has 0 bridgehead atoms. The van der Waals surface area contributed by atoms with Gasteiger partial charge in [-0.05, 0) is 13.8 Å². The lowest BCUT2D eigenvalue weighted by Gasteiger charge is -2.10. The largest absolute Gasteiger partial charge is 0.383 e. The molecule has 1 unspecified atom stereocenters. The third-order valence-corrected chi connectivity index (χ3v) is 3.54. The fourth-order valence-electron chi connectivity index (χ4n) is 1.25. The van der Waals surface area contributed by atoms with E-state index >= 15 is 0 Å². The van der Waals surface area contributed by atoms with Crippen molar-refractivity contribution in [2.24, 2.45) is 0 Å². The van der Waals surface area contributed by atoms with Crippen LogP contribution in [-0.4, -0.2) is 32.2 Å². The molecule has 0 radical (unpaired) electrons. The molecule has 16 heavy (non-hydrogen) atoms. The van der Waals surface area contributed by atoms with Crippen molar-refractivity contribution in [1.29, 1.82) is 0 Å². The summed E-state index contributed by atoms with van der Waals surface area (Å²) in [5.74, 6) is 3.18. The molecule has 0 aromatic carbocycles. The van der Waals surface area contributed by atoms with Gasteiger partial charge in [0.15, 0.2) is 0 Å². The highest BCUT2D eigenvalue weighted by Crippen LogP contribution is 2.16. The van der Waals surface area contributed by atoms with Gasteiger partial charge in [-0.25, -0.2) is 9.97 Å². The van der Waals surface area contributed by atoms with E-state index in [1.165, 1.54) is 0 Å². The van der Waals surface area contributed by atoms with Crippen LogP contribution < -0.4 is 11.1 Å². The van der Waals surface area contributed by atoms with Crippen LogP contribution in [0.2, 0.25) is 0 Å². The Hall–Kier alpha value is -1.17. The lowest BCUT2D eigenvalue weighted by Crippen LogP contribution is -2.15. The molecule has 3 N–H and O–H groups in total. The topological polar surface area (TPSA) is 80.9 Å². The Bertz CT molecular complexity index is 395. The number of nitrogens with zero attached hydrogens (tertiary/aromatic N) is 2. The van der Waals surface area contributed by atoms with Crippen LogP contribution >= 0.6 is 0 Å². The van der Waals surface area contributed by atoms with E-state index in [9.17, 15) is 4.21 Å². The fraction of sp³-hybridized carbons (Fsp3) is 0.600. The SMILES string of the molecule is CCS(=O)CCNc1nc(C)nc(N)c1C. The Morgan fingerprint density at radius 3 is 2.69 bits per heavy atom. The first-order valence-electron chi connectivity index (χ1n) is 5.24. The first kappa shape index (κ1) is 12.9. The minimum Gasteiger partial charge on any atom is -0.383 e. The van der Waals surface area contributed by atoms with E-state index in [1.54, 1.807) is 6.92 Å². The smallest absolute Gasteiger partial charge is 0.134 e. The molecule has 90 valence electrons. The second kappa shape index (κ2) is 5.79. The van der Waals surface area contributed by atoms with Crippen LogP contribution in [0, 0.1) is 13.8 Å². The molecule has 6 heteroatoms. The van der Waals surface area contributed by atoms with Gasteiger partial charge in [-0.1, -0.05) is 6.92 Å².